The van der Waals surface area contributed by atoms with Gasteiger partial charge in [-0.15, -0.1) is 0 Å². The second kappa shape index (κ2) is 6.57. The summed E-state index contributed by atoms with van der Waals surface area (Å²) in [6.07, 6.45) is 0.769. The van der Waals surface area contributed by atoms with Crippen LogP contribution in [0.4, 0.5) is 8.78 Å². The molecule has 0 aromatic carbocycles. The first-order valence-corrected chi connectivity index (χ1v) is 4.26. The Morgan fingerprint density at radius 1 is 1.15 bits per heavy atom. The molecule has 0 bridgehead atoms. The van der Waals surface area contributed by atoms with E-state index in [1.807, 2.05) is 0 Å². The van der Waals surface area contributed by atoms with E-state index in [0.29, 0.717) is 25.7 Å². The highest BCUT2D eigenvalue weighted by Crippen LogP contribution is 2.15. The molecule has 0 heterocycles. The van der Waals surface area contributed by atoms with Crippen molar-refractivity contribution < 1.29 is 18.7 Å². The molecular formula is C9H14F2O2. The fourth-order valence-electron chi connectivity index (χ4n) is 0.938. The average Bonchev–Trinajstić information content (AvgIpc) is 2.02. The van der Waals surface area contributed by atoms with E-state index in [4.69, 9.17) is 5.11 Å². The zero-order chi connectivity index (χ0) is 10.3. The van der Waals surface area contributed by atoms with E-state index in [0.717, 1.165) is 0 Å². The third kappa shape index (κ3) is 7.43. The van der Waals surface area contributed by atoms with E-state index in [-0.39, 0.29) is 12.0 Å². The Bertz CT molecular complexity index is 196. The molecule has 2 nitrogen and oxygen atoms in total. The van der Waals surface area contributed by atoms with E-state index >= 15 is 0 Å². The molecule has 0 spiro atoms. The normalized spacial score (nSPS) is 9.77. The van der Waals surface area contributed by atoms with Gasteiger partial charge in [0.1, 0.15) is 0 Å². The number of carboxylic acids is 1. The molecule has 0 unspecified atom stereocenters. The lowest BCUT2D eigenvalue weighted by molar-refractivity contribution is -0.137. The summed E-state index contributed by atoms with van der Waals surface area (Å²) in [6, 6.07) is 0. The molecule has 0 aliphatic rings. The monoisotopic (exact) mass is 192 g/mol. The second-order valence-electron chi connectivity index (χ2n) is 3.00. The Labute approximate surface area is 76.3 Å². The van der Waals surface area contributed by atoms with Crippen LogP contribution in [-0.4, -0.2) is 11.1 Å². The van der Waals surface area contributed by atoms with E-state index in [2.05, 4.69) is 0 Å². The van der Waals surface area contributed by atoms with Gasteiger partial charge in [-0.3, -0.25) is 4.79 Å². The van der Waals surface area contributed by atoms with Crippen LogP contribution in [0.25, 0.3) is 0 Å². The van der Waals surface area contributed by atoms with E-state index in [1.54, 1.807) is 0 Å². The molecule has 13 heavy (non-hydrogen) atoms. The van der Waals surface area contributed by atoms with E-state index < -0.39 is 12.0 Å². The number of carboxylic acid groups (broad SMARTS) is 1. The second-order valence-corrected chi connectivity index (χ2v) is 3.00. The minimum Gasteiger partial charge on any atom is -0.481 e. The SMILES string of the molecule is CC(CCCCCC(=O)O)=C(F)F. The van der Waals surface area contributed by atoms with Gasteiger partial charge in [0.15, 0.2) is 0 Å². The summed E-state index contributed by atoms with van der Waals surface area (Å²) in [5.41, 5.74) is 0.107. The molecule has 0 aliphatic heterocycles. The maximum absolute atomic E-state index is 11.9. The molecule has 0 rings (SSSR count). The number of halogens is 2. The molecule has 0 amide bonds. The molecule has 0 aromatic rings. The molecule has 0 atom stereocenters. The van der Waals surface area contributed by atoms with Crippen molar-refractivity contribution >= 4 is 5.97 Å². The van der Waals surface area contributed by atoms with Crippen molar-refractivity contribution in [2.45, 2.75) is 39.0 Å². The predicted octanol–water partition coefficient (Wildman–Crippen LogP) is 3.19. The Morgan fingerprint density at radius 3 is 2.15 bits per heavy atom. The van der Waals surface area contributed by atoms with Crippen molar-refractivity contribution in [3.05, 3.63) is 11.7 Å². The minimum atomic E-state index is -1.61. The van der Waals surface area contributed by atoms with Crippen molar-refractivity contribution in [1.82, 2.24) is 0 Å². The summed E-state index contributed by atoms with van der Waals surface area (Å²) in [4.78, 5) is 10.1. The number of rotatable bonds is 6. The van der Waals surface area contributed by atoms with Gasteiger partial charge in [-0.1, -0.05) is 6.42 Å². The lowest BCUT2D eigenvalue weighted by atomic mass is 10.1. The summed E-state index contributed by atoms with van der Waals surface area (Å²) in [7, 11) is 0. The predicted molar refractivity (Wildman–Crippen MR) is 45.6 cm³/mol. The molecule has 1 N–H and O–H groups in total. The standard InChI is InChI=1S/C9H14F2O2/c1-7(9(10)11)5-3-2-4-6-8(12)13/h2-6H2,1H3,(H,12,13). The fraction of sp³-hybridized carbons (Fsp3) is 0.667. The van der Waals surface area contributed by atoms with Gasteiger partial charge >= 0.3 is 5.97 Å². The maximum atomic E-state index is 11.9. The zero-order valence-electron chi connectivity index (χ0n) is 7.65. The van der Waals surface area contributed by atoms with E-state index in [9.17, 15) is 13.6 Å². The van der Waals surface area contributed by atoms with Gasteiger partial charge in [-0.05, 0) is 31.8 Å². The Balaban J connectivity index is 3.37. The van der Waals surface area contributed by atoms with Crippen LogP contribution in [0.2, 0.25) is 0 Å². The van der Waals surface area contributed by atoms with Crippen LogP contribution in [-0.2, 0) is 4.79 Å². The summed E-state index contributed by atoms with van der Waals surface area (Å²) in [6.45, 7) is 1.40. The Hall–Kier alpha value is -0.930. The number of unbranched alkanes of at least 4 members (excludes halogenated alkanes) is 2. The Morgan fingerprint density at radius 2 is 1.69 bits per heavy atom. The maximum Gasteiger partial charge on any atom is 0.303 e. The smallest absolute Gasteiger partial charge is 0.303 e. The molecule has 4 heteroatoms. The third-order valence-electron chi connectivity index (χ3n) is 1.77. The van der Waals surface area contributed by atoms with Gasteiger partial charge in [0.05, 0.1) is 0 Å². The van der Waals surface area contributed by atoms with Crippen molar-refractivity contribution in [3.63, 3.8) is 0 Å². The highest BCUT2D eigenvalue weighted by Gasteiger charge is 2.00. The fourth-order valence-corrected chi connectivity index (χ4v) is 0.938. The molecule has 0 saturated carbocycles. The Kier molecular flexibility index (Phi) is 6.10. The van der Waals surface area contributed by atoms with Crippen LogP contribution in [0.5, 0.6) is 0 Å². The number of carbonyl (C=O) groups is 1. The largest absolute Gasteiger partial charge is 0.481 e. The lowest BCUT2D eigenvalue weighted by Gasteiger charge is -1.99. The van der Waals surface area contributed by atoms with Crippen LogP contribution >= 0.6 is 0 Å². The quantitative estimate of drug-likeness (QED) is 0.656. The third-order valence-corrected chi connectivity index (χ3v) is 1.77. The summed E-state index contributed by atoms with van der Waals surface area (Å²) in [5.74, 6) is -0.830. The van der Waals surface area contributed by atoms with Gasteiger partial charge in [0.25, 0.3) is 6.08 Å². The minimum absolute atomic E-state index is 0.107. The van der Waals surface area contributed by atoms with Crippen LogP contribution in [0.3, 0.4) is 0 Å². The summed E-state index contributed by atoms with van der Waals surface area (Å²) < 4.78 is 23.7. The van der Waals surface area contributed by atoms with Crippen molar-refractivity contribution in [2.24, 2.45) is 0 Å². The number of aliphatic carboxylic acids is 1. The first-order chi connectivity index (χ1) is 6.04. The van der Waals surface area contributed by atoms with Crippen molar-refractivity contribution in [3.8, 4) is 0 Å². The number of allylic oxidation sites excluding steroid dienone is 1. The lowest BCUT2D eigenvalue weighted by Crippen LogP contribution is -1.93. The van der Waals surface area contributed by atoms with Crippen molar-refractivity contribution in [1.29, 1.82) is 0 Å². The van der Waals surface area contributed by atoms with Crippen LogP contribution in [0, 0.1) is 0 Å². The van der Waals surface area contributed by atoms with Crippen LogP contribution in [0.15, 0.2) is 11.7 Å². The molecule has 0 saturated heterocycles. The van der Waals surface area contributed by atoms with Crippen LogP contribution < -0.4 is 0 Å². The molecule has 0 radical (unpaired) electrons. The van der Waals surface area contributed by atoms with Gasteiger partial charge < -0.3 is 5.11 Å². The molecule has 0 fully saturated rings. The topological polar surface area (TPSA) is 37.3 Å². The molecular weight excluding hydrogens is 178 g/mol. The van der Waals surface area contributed by atoms with Crippen LogP contribution in [0.1, 0.15) is 39.0 Å². The zero-order valence-corrected chi connectivity index (χ0v) is 7.65. The number of hydrogen-bond donors (Lipinski definition) is 1. The first-order valence-electron chi connectivity index (χ1n) is 4.26. The van der Waals surface area contributed by atoms with Gasteiger partial charge in [0, 0.05) is 6.42 Å². The summed E-state index contributed by atoms with van der Waals surface area (Å²) >= 11 is 0. The molecule has 0 aliphatic carbocycles. The average molecular weight is 192 g/mol. The highest BCUT2D eigenvalue weighted by atomic mass is 19.3. The van der Waals surface area contributed by atoms with Crippen molar-refractivity contribution in [2.75, 3.05) is 0 Å². The number of hydrogen-bond acceptors (Lipinski definition) is 1. The molecule has 0 aromatic heterocycles. The van der Waals surface area contributed by atoms with Gasteiger partial charge in [-0.25, -0.2) is 0 Å². The van der Waals surface area contributed by atoms with E-state index in [1.165, 1.54) is 6.92 Å². The first kappa shape index (κ1) is 12.1. The van der Waals surface area contributed by atoms with Gasteiger partial charge in [-0.2, -0.15) is 8.78 Å². The molecule has 76 valence electrons. The van der Waals surface area contributed by atoms with Gasteiger partial charge in [0.2, 0.25) is 0 Å². The summed E-state index contributed by atoms with van der Waals surface area (Å²) in [5, 5.41) is 8.28. The highest BCUT2D eigenvalue weighted by molar-refractivity contribution is 5.66.